The van der Waals surface area contributed by atoms with E-state index >= 15 is 0 Å². The zero-order valence-corrected chi connectivity index (χ0v) is 18.3. The Bertz CT molecular complexity index is 554. The Morgan fingerprint density at radius 3 is 2.70 bits per heavy atom. The standard InChI is InChI=1S/C19H30F2N4O.HI/c1-2-22-19(23-9-12-25-10-4-3-5-11-25)24-14-16-7-6-8-17(13-16)26-15-18(20)21;/h6-8,13,18H,2-5,9-12,14-15H2,1H3,(H2,22,23,24);1H. The van der Waals surface area contributed by atoms with Crippen molar-refractivity contribution in [2.24, 2.45) is 4.99 Å². The molecule has 0 aliphatic carbocycles. The minimum absolute atomic E-state index is 0. The Morgan fingerprint density at radius 1 is 1.22 bits per heavy atom. The molecule has 1 aliphatic rings. The fourth-order valence-corrected chi connectivity index (χ4v) is 2.92. The molecule has 1 aromatic rings. The van der Waals surface area contributed by atoms with Gasteiger partial charge in [-0.2, -0.15) is 0 Å². The second kappa shape index (κ2) is 13.9. The number of aliphatic imine (C=N–C) groups is 1. The maximum atomic E-state index is 12.2. The van der Waals surface area contributed by atoms with Gasteiger partial charge in [0.15, 0.2) is 5.96 Å². The molecule has 0 spiro atoms. The molecule has 2 N–H and O–H groups in total. The maximum Gasteiger partial charge on any atom is 0.272 e. The number of halogens is 3. The largest absolute Gasteiger partial charge is 0.488 e. The summed E-state index contributed by atoms with van der Waals surface area (Å²) in [5, 5.41) is 6.59. The lowest BCUT2D eigenvalue weighted by Crippen LogP contribution is -2.42. The third-order valence-electron chi connectivity index (χ3n) is 4.21. The third-order valence-corrected chi connectivity index (χ3v) is 4.21. The van der Waals surface area contributed by atoms with E-state index in [1.54, 1.807) is 18.2 Å². The Balaban J connectivity index is 0.00000364. The summed E-state index contributed by atoms with van der Waals surface area (Å²) in [6.45, 7) is 6.92. The zero-order valence-electron chi connectivity index (χ0n) is 15.9. The topological polar surface area (TPSA) is 48.9 Å². The van der Waals surface area contributed by atoms with Crippen molar-refractivity contribution in [1.82, 2.24) is 15.5 Å². The Morgan fingerprint density at radius 2 is 2.00 bits per heavy atom. The summed E-state index contributed by atoms with van der Waals surface area (Å²) in [5.74, 6) is 1.21. The predicted octanol–water partition coefficient (Wildman–Crippen LogP) is 3.49. The van der Waals surface area contributed by atoms with Crippen molar-refractivity contribution in [3.8, 4) is 5.75 Å². The number of nitrogens with zero attached hydrogens (tertiary/aromatic N) is 2. The van der Waals surface area contributed by atoms with E-state index in [-0.39, 0.29) is 24.0 Å². The SMILES string of the molecule is CCNC(=NCc1cccc(OCC(F)F)c1)NCCN1CCCCC1.I. The van der Waals surface area contributed by atoms with Crippen LogP contribution < -0.4 is 15.4 Å². The first-order chi connectivity index (χ1) is 12.7. The van der Waals surface area contributed by atoms with Crippen LogP contribution in [0.5, 0.6) is 5.75 Å². The maximum absolute atomic E-state index is 12.2. The highest BCUT2D eigenvalue weighted by atomic mass is 127. The number of rotatable bonds is 9. The highest BCUT2D eigenvalue weighted by molar-refractivity contribution is 14.0. The van der Waals surface area contributed by atoms with Crippen molar-refractivity contribution in [1.29, 1.82) is 0 Å². The molecule has 0 aromatic heterocycles. The number of hydrogen-bond donors (Lipinski definition) is 2. The normalized spacial score (nSPS) is 15.3. The highest BCUT2D eigenvalue weighted by Gasteiger charge is 2.09. The van der Waals surface area contributed by atoms with Crippen LogP contribution in [0.25, 0.3) is 0 Å². The summed E-state index contributed by atoms with van der Waals surface area (Å²) in [6.07, 6.45) is 1.45. The minimum atomic E-state index is -2.47. The van der Waals surface area contributed by atoms with Crippen LogP contribution in [0.2, 0.25) is 0 Å². The number of nitrogens with one attached hydrogen (secondary N) is 2. The molecule has 0 bridgehead atoms. The number of piperidine rings is 1. The first-order valence-electron chi connectivity index (χ1n) is 9.42. The number of ether oxygens (including phenoxy) is 1. The first-order valence-corrected chi connectivity index (χ1v) is 9.42. The molecule has 154 valence electrons. The van der Waals surface area contributed by atoms with Gasteiger partial charge in [0.1, 0.15) is 12.4 Å². The minimum Gasteiger partial charge on any atom is -0.488 e. The number of benzene rings is 1. The van der Waals surface area contributed by atoms with E-state index in [2.05, 4.69) is 20.5 Å². The van der Waals surface area contributed by atoms with Crippen molar-refractivity contribution in [3.05, 3.63) is 29.8 Å². The van der Waals surface area contributed by atoms with Gasteiger partial charge in [0.05, 0.1) is 6.54 Å². The van der Waals surface area contributed by atoms with E-state index in [4.69, 9.17) is 4.74 Å². The van der Waals surface area contributed by atoms with Gasteiger partial charge in [-0.05, 0) is 50.6 Å². The number of guanidine groups is 1. The van der Waals surface area contributed by atoms with E-state index in [1.165, 1.54) is 32.4 Å². The van der Waals surface area contributed by atoms with E-state index in [0.717, 1.165) is 31.2 Å². The van der Waals surface area contributed by atoms with Crippen LogP contribution in [0.3, 0.4) is 0 Å². The van der Waals surface area contributed by atoms with Crippen LogP contribution in [0, 0.1) is 0 Å². The van der Waals surface area contributed by atoms with Crippen LogP contribution in [-0.2, 0) is 6.54 Å². The van der Waals surface area contributed by atoms with E-state index in [0.29, 0.717) is 12.3 Å². The molecule has 0 unspecified atom stereocenters. The van der Waals surface area contributed by atoms with Crippen LogP contribution >= 0.6 is 24.0 Å². The van der Waals surface area contributed by atoms with E-state index in [1.807, 2.05) is 13.0 Å². The molecule has 5 nitrogen and oxygen atoms in total. The lowest BCUT2D eigenvalue weighted by molar-refractivity contribution is 0.0818. The number of hydrogen-bond acceptors (Lipinski definition) is 3. The van der Waals surface area contributed by atoms with Crippen molar-refractivity contribution >= 4 is 29.9 Å². The second-order valence-corrected chi connectivity index (χ2v) is 6.37. The smallest absolute Gasteiger partial charge is 0.272 e. The van der Waals surface area contributed by atoms with Gasteiger partial charge in [0.2, 0.25) is 0 Å². The molecule has 1 heterocycles. The monoisotopic (exact) mass is 496 g/mol. The van der Waals surface area contributed by atoms with Gasteiger partial charge in [-0.15, -0.1) is 24.0 Å². The number of likely N-dealkylation sites (tertiary alicyclic amines) is 1. The number of alkyl halides is 2. The molecule has 2 rings (SSSR count). The van der Waals surface area contributed by atoms with Crippen LogP contribution in [-0.4, -0.2) is 56.6 Å². The molecule has 8 heteroatoms. The van der Waals surface area contributed by atoms with Gasteiger partial charge in [-0.3, -0.25) is 0 Å². The average Bonchev–Trinajstić information content (AvgIpc) is 2.65. The lowest BCUT2D eigenvalue weighted by atomic mass is 10.1. The van der Waals surface area contributed by atoms with Gasteiger partial charge in [-0.1, -0.05) is 18.6 Å². The molecular formula is C19H31F2IN4O. The van der Waals surface area contributed by atoms with Gasteiger partial charge in [-0.25, -0.2) is 13.8 Å². The Hall–Kier alpha value is -1.16. The molecule has 27 heavy (non-hydrogen) atoms. The van der Waals surface area contributed by atoms with E-state index in [9.17, 15) is 8.78 Å². The summed E-state index contributed by atoms with van der Waals surface area (Å²) in [5.41, 5.74) is 0.921. The summed E-state index contributed by atoms with van der Waals surface area (Å²) in [4.78, 5) is 7.05. The summed E-state index contributed by atoms with van der Waals surface area (Å²) in [6, 6.07) is 7.14. The fraction of sp³-hybridized carbons (Fsp3) is 0.632. The van der Waals surface area contributed by atoms with Crippen LogP contribution in [0.1, 0.15) is 31.7 Å². The summed E-state index contributed by atoms with van der Waals surface area (Å²) < 4.78 is 29.6. The molecular weight excluding hydrogens is 465 g/mol. The molecule has 0 atom stereocenters. The van der Waals surface area contributed by atoms with Gasteiger partial charge in [0, 0.05) is 19.6 Å². The average molecular weight is 496 g/mol. The molecule has 0 radical (unpaired) electrons. The summed E-state index contributed by atoms with van der Waals surface area (Å²) >= 11 is 0. The van der Waals surface area contributed by atoms with Crippen molar-refractivity contribution in [3.63, 3.8) is 0 Å². The molecule has 0 saturated carbocycles. The molecule has 0 amide bonds. The first kappa shape index (κ1) is 23.9. The van der Waals surface area contributed by atoms with Crippen LogP contribution in [0.15, 0.2) is 29.3 Å². The van der Waals surface area contributed by atoms with Gasteiger partial charge in [0.25, 0.3) is 6.43 Å². The Kier molecular flexibility index (Phi) is 12.3. The van der Waals surface area contributed by atoms with Crippen molar-refractivity contribution in [2.45, 2.75) is 39.2 Å². The zero-order chi connectivity index (χ0) is 18.6. The highest BCUT2D eigenvalue weighted by Crippen LogP contribution is 2.15. The van der Waals surface area contributed by atoms with Crippen molar-refractivity contribution in [2.75, 3.05) is 39.3 Å². The molecule has 1 fully saturated rings. The van der Waals surface area contributed by atoms with E-state index < -0.39 is 13.0 Å². The third kappa shape index (κ3) is 10.1. The fourth-order valence-electron chi connectivity index (χ4n) is 2.92. The Labute approximate surface area is 178 Å². The quantitative estimate of drug-likeness (QED) is 0.312. The molecule has 1 aliphatic heterocycles. The second-order valence-electron chi connectivity index (χ2n) is 6.37. The molecule has 1 saturated heterocycles. The van der Waals surface area contributed by atoms with Crippen molar-refractivity contribution < 1.29 is 13.5 Å². The van der Waals surface area contributed by atoms with Crippen LogP contribution in [0.4, 0.5) is 8.78 Å². The van der Waals surface area contributed by atoms with Gasteiger partial charge < -0.3 is 20.3 Å². The van der Waals surface area contributed by atoms with Gasteiger partial charge >= 0.3 is 0 Å². The lowest BCUT2D eigenvalue weighted by Gasteiger charge is -2.26. The molecule has 1 aromatic carbocycles. The summed E-state index contributed by atoms with van der Waals surface area (Å²) in [7, 11) is 0. The predicted molar refractivity (Wildman–Crippen MR) is 116 cm³/mol.